The van der Waals surface area contributed by atoms with Gasteiger partial charge in [-0.05, 0) is 51.9 Å². The first-order chi connectivity index (χ1) is 12.3. The van der Waals surface area contributed by atoms with Gasteiger partial charge in [0.15, 0.2) is 0 Å². The standard InChI is InChI=1S/C10H28O4Si4.C6H10O3/c1-9-10-18(8)13-16(4,5)11-15(2,3)12-17(6,7)14-18;1(5-3-8-5)7-2-6-4-9-6/h9-10H2,1-8H3;5-6H,1-4H2. The molecule has 0 aromatic heterocycles. The second-order valence-corrected chi connectivity index (χ2v) is 23.4. The van der Waals surface area contributed by atoms with Crippen LogP contribution in [0.25, 0.3) is 0 Å². The number of ether oxygens (including phenoxy) is 3. The summed E-state index contributed by atoms with van der Waals surface area (Å²) >= 11 is 0. The van der Waals surface area contributed by atoms with Crippen LogP contribution in [-0.2, 0) is 30.7 Å². The Labute approximate surface area is 169 Å². The SMILES string of the molecule is C(OCC1CO1)C1CO1.CCC[Si]1(C)O[Si](C)(C)O[Si](C)(C)O[Si](C)(C)O1. The molecule has 3 fully saturated rings. The summed E-state index contributed by atoms with van der Waals surface area (Å²) in [4.78, 5) is 0. The molecule has 0 bridgehead atoms. The fourth-order valence-corrected chi connectivity index (χ4v) is 25.2. The van der Waals surface area contributed by atoms with Crippen LogP contribution in [0.3, 0.4) is 0 Å². The van der Waals surface area contributed by atoms with E-state index in [1.54, 1.807) is 0 Å². The van der Waals surface area contributed by atoms with Crippen molar-refractivity contribution in [2.45, 2.75) is 77.4 Å². The van der Waals surface area contributed by atoms with Crippen LogP contribution in [0.4, 0.5) is 0 Å². The monoisotopic (exact) mass is 454 g/mol. The molecule has 0 saturated carbocycles. The Balaban J connectivity index is 0.000000239. The summed E-state index contributed by atoms with van der Waals surface area (Å²) in [7, 11) is -8.59. The molecular formula is C16H38O7Si4. The van der Waals surface area contributed by atoms with Gasteiger partial charge in [-0.3, -0.25) is 0 Å². The maximum absolute atomic E-state index is 6.40. The van der Waals surface area contributed by atoms with Crippen LogP contribution in [0, 0.1) is 0 Å². The Bertz CT molecular complexity index is 447. The summed E-state index contributed by atoms with van der Waals surface area (Å²) in [6, 6.07) is 1.01. The third kappa shape index (κ3) is 9.76. The summed E-state index contributed by atoms with van der Waals surface area (Å²) in [5, 5.41) is 0. The molecule has 0 amide bonds. The third-order valence-electron chi connectivity index (χ3n) is 4.02. The minimum atomic E-state index is -2.16. The molecule has 0 aromatic rings. The van der Waals surface area contributed by atoms with Gasteiger partial charge in [0.05, 0.1) is 26.4 Å². The van der Waals surface area contributed by atoms with Crippen LogP contribution >= 0.6 is 0 Å². The van der Waals surface area contributed by atoms with E-state index in [0.29, 0.717) is 12.2 Å². The van der Waals surface area contributed by atoms with Gasteiger partial charge in [-0.1, -0.05) is 13.3 Å². The maximum Gasteiger partial charge on any atom is 0.317 e. The van der Waals surface area contributed by atoms with Gasteiger partial charge in [-0.15, -0.1) is 0 Å². The molecule has 0 aliphatic carbocycles. The van der Waals surface area contributed by atoms with Gasteiger partial charge in [0, 0.05) is 0 Å². The maximum atomic E-state index is 6.40. The lowest BCUT2D eigenvalue weighted by Gasteiger charge is -2.47. The molecule has 3 aliphatic rings. The number of hydrogen-bond acceptors (Lipinski definition) is 7. The van der Waals surface area contributed by atoms with E-state index in [1.165, 1.54) is 0 Å². The van der Waals surface area contributed by atoms with Crippen LogP contribution in [0.1, 0.15) is 13.3 Å². The minimum absolute atomic E-state index is 0.392. The zero-order valence-electron chi connectivity index (χ0n) is 18.3. The molecule has 0 aromatic carbocycles. The summed E-state index contributed by atoms with van der Waals surface area (Å²) < 4.78 is 40.5. The highest BCUT2D eigenvalue weighted by Crippen LogP contribution is 2.32. The highest BCUT2D eigenvalue weighted by Gasteiger charge is 2.51. The van der Waals surface area contributed by atoms with E-state index in [2.05, 4.69) is 52.8 Å². The molecule has 11 heteroatoms. The van der Waals surface area contributed by atoms with Gasteiger partial charge in [0.1, 0.15) is 12.2 Å². The number of hydrogen-bond donors (Lipinski definition) is 0. The molecule has 0 N–H and O–H groups in total. The molecular weight excluding hydrogens is 417 g/mol. The Kier molecular flexibility index (Phi) is 8.10. The zero-order valence-corrected chi connectivity index (χ0v) is 22.3. The molecule has 2 unspecified atom stereocenters. The van der Waals surface area contributed by atoms with E-state index >= 15 is 0 Å². The van der Waals surface area contributed by atoms with Crippen molar-refractivity contribution in [3.63, 3.8) is 0 Å². The predicted octanol–water partition coefficient (Wildman–Crippen LogP) is 3.45. The lowest BCUT2D eigenvalue weighted by atomic mass is 10.5. The van der Waals surface area contributed by atoms with Crippen molar-refractivity contribution in [1.82, 2.24) is 0 Å². The van der Waals surface area contributed by atoms with Gasteiger partial charge < -0.3 is 30.7 Å². The molecule has 3 heterocycles. The van der Waals surface area contributed by atoms with E-state index in [1.807, 2.05) is 0 Å². The zero-order chi connectivity index (χ0) is 20.3. The molecule has 3 aliphatic heterocycles. The Hall–Kier alpha value is 0.588. The van der Waals surface area contributed by atoms with Crippen LogP contribution in [-0.4, -0.2) is 72.9 Å². The Morgan fingerprint density at radius 3 is 1.41 bits per heavy atom. The van der Waals surface area contributed by atoms with Crippen molar-refractivity contribution in [2.24, 2.45) is 0 Å². The predicted molar refractivity (Wildman–Crippen MR) is 114 cm³/mol. The molecule has 160 valence electrons. The van der Waals surface area contributed by atoms with E-state index < -0.39 is 34.2 Å². The second-order valence-electron chi connectivity index (χ2n) is 8.94. The van der Waals surface area contributed by atoms with Crippen LogP contribution in [0.2, 0.25) is 51.9 Å². The van der Waals surface area contributed by atoms with Crippen LogP contribution in [0.15, 0.2) is 0 Å². The first-order valence-corrected chi connectivity index (χ1v) is 20.9. The summed E-state index contributed by atoms with van der Waals surface area (Å²) in [5.41, 5.74) is 0. The molecule has 7 nitrogen and oxygen atoms in total. The lowest BCUT2D eigenvalue weighted by molar-refractivity contribution is 0.102. The van der Waals surface area contributed by atoms with Gasteiger partial charge in [-0.25, -0.2) is 0 Å². The normalized spacial score (nSPS) is 32.4. The first kappa shape index (κ1) is 23.9. The van der Waals surface area contributed by atoms with Crippen molar-refractivity contribution in [3.05, 3.63) is 0 Å². The van der Waals surface area contributed by atoms with E-state index in [0.717, 1.165) is 38.9 Å². The number of epoxide rings is 2. The van der Waals surface area contributed by atoms with Gasteiger partial charge in [0.25, 0.3) is 0 Å². The third-order valence-corrected chi connectivity index (χ3v) is 20.7. The second kappa shape index (κ2) is 9.16. The highest BCUT2D eigenvalue weighted by molar-refractivity contribution is 6.93. The van der Waals surface area contributed by atoms with Crippen LogP contribution < -0.4 is 0 Å². The van der Waals surface area contributed by atoms with Crippen molar-refractivity contribution in [1.29, 1.82) is 0 Å². The fraction of sp³-hybridized carbons (Fsp3) is 1.00. The Morgan fingerprint density at radius 2 is 1.07 bits per heavy atom. The van der Waals surface area contributed by atoms with Crippen LogP contribution in [0.5, 0.6) is 0 Å². The Morgan fingerprint density at radius 1 is 0.704 bits per heavy atom. The summed E-state index contributed by atoms with van der Waals surface area (Å²) in [5.74, 6) is 0. The molecule has 2 atom stereocenters. The van der Waals surface area contributed by atoms with Gasteiger partial charge in [-0.2, -0.15) is 0 Å². The van der Waals surface area contributed by atoms with Gasteiger partial charge >= 0.3 is 34.2 Å². The average Bonchev–Trinajstić information content (AvgIpc) is 3.28. The van der Waals surface area contributed by atoms with Crippen molar-refractivity contribution in [2.75, 3.05) is 26.4 Å². The quantitative estimate of drug-likeness (QED) is 0.449. The van der Waals surface area contributed by atoms with Crippen molar-refractivity contribution < 1.29 is 30.7 Å². The lowest BCUT2D eigenvalue weighted by Crippen LogP contribution is -2.64. The smallest absolute Gasteiger partial charge is 0.317 e. The number of rotatable bonds is 6. The van der Waals surface area contributed by atoms with E-state index in [4.69, 9.17) is 30.7 Å². The van der Waals surface area contributed by atoms with E-state index in [-0.39, 0.29) is 0 Å². The highest BCUT2D eigenvalue weighted by atomic mass is 28.5. The van der Waals surface area contributed by atoms with Crippen molar-refractivity contribution in [3.8, 4) is 0 Å². The topological polar surface area (TPSA) is 71.2 Å². The van der Waals surface area contributed by atoms with Gasteiger partial charge in [0.2, 0.25) is 0 Å². The molecule has 0 radical (unpaired) electrons. The van der Waals surface area contributed by atoms with Crippen molar-refractivity contribution >= 4 is 34.2 Å². The molecule has 3 saturated heterocycles. The molecule has 27 heavy (non-hydrogen) atoms. The largest absolute Gasteiger partial charge is 0.416 e. The molecule has 3 rings (SSSR count). The minimum Gasteiger partial charge on any atom is -0.416 e. The summed E-state index contributed by atoms with van der Waals surface area (Å²) in [6.07, 6.45) is 1.87. The fourth-order valence-electron chi connectivity index (χ4n) is 3.52. The first-order valence-electron chi connectivity index (χ1n) is 9.95. The average molecular weight is 455 g/mol. The van der Waals surface area contributed by atoms with E-state index in [9.17, 15) is 0 Å². The molecule has 0 spiro atoms. The summed E-state index contributed by atoms with van der Waals surface area (Å²) in [6.45, 7) is 20.2.